The van der Waals surface area contributed by atoms with Crippen LogP contribution >= 0.6 is 45.2 Å². The monoisotopic (exact) mass is 412 g/mol. The van der Waals surface area contributed by atoms with E-state index in [-0.39, 0.29) is 0 Å². The third-order valence-corrected chi connectivity index (χ3v) is 4.55. The number of imidazole rings is 1. The highest BCUT2D eigenvalue weighted by Gasteiger charge is 2.07. The van der Waals surface area contributed by atoms with Gasteiger partial charge in [-0.05, 0) is 63.7 Å². The van der Waals surface area contributed by atoms with Gasteiger partial charge in [0.15, 0.2) is 5.82 Å². The first-order valence-electron chi connectivity index (χ1n) is 3.86. The summed E-state index contributed by atoms with van der Waals surface area (Å²) >= 11 is 4.43. The van der Waals surface area contributed by atoms with Gasteiger partial charge >= 0.3 is 0 Å². The second-order valence-electron chi connectivity index (χ2n) is 2.79. The van der Waals surface area contributed by atoms with Crippen molar-refractivity contribution >= 4 is 45.2 Å². The van der Waals surface area contributed by atoms with Crippen LogP contribution in [0, 0.1) is 14.3 Å². The Morgan fingerprint density at radius 1 is 1.36 bits per heavy atom. The molecule has 0 saturated heterocycles. The Kier molecular flexibility index (Phi) is 3.00. The molecule has 0 spiro atoms. The zero-order chi connectivity index (χ0) is 10.1. The van der Waals surface area contributed by atoms with Crippen molar-refractivity contribution in [2.75, 3.05) is 0 Å². The smallest absolute Gasteiger partial charge is 0.161 e. The molecule has 0 atom stereocenters. The first-order valence-corrected chi connectivity index (χ1v) is 6.02. The van der Waals surface area contributed by atoms with Gasteiger partial charge in [0.25, 0.3) is 0 Å². The van der Waals surface area contributed by atoms with Crippen LogP contribution in [0.5, 0.6) is 0 Å². The SMILES string of the molecule is Cc1cnnc(-n2cnc(I)c2I)c1. The van der Waals surface area contributed by atoms with Gasteiger partial charge in [0.2, 0.25) is 0 Å². The van der Waals surface area contributed by atoms with E-state index in [0.717, 1.165) is 18.8 Å². The van der Waals surface area contributed by atoms with Crippen LogP contribution in [0.15, 0.2) is 18.6 Å². The van der Waals surface area contributed by atoms with E-state index in [1.165, 1.54) is 0 Å². The topological polar surface area (TPSA) is 43.6 Å². The summed E-state index contributed by atoms with van der Waals surface area (Å²) in [7, 11) is 0. The van der Waals surface area contributed by atoms with Gasteiger partial charge < -0.3 is 0 Å². The van der Waals surface area contributed by atoms with Crippen LogP contribution in [0.2, 0.25) is 0 Å². The Hall–Kier alpha value is -0.250. The number of aryl methyl sites for hydroxylation is 1. The van der Waals surface area contributed by atoms with Crippen molar-refractivity contribution in [1.82, 2.24) is 19.7 Å². The molecule has 4 nitrogen and oxygen atoms in total. The summed E-state index contributed by atoms with van der Waals surface area (Å²) in [5.74, 6) is 0.810. The van der Waals surface area contributed by atoms with Gasteiger partial charge in [0.1, 0.15) is 13.7 Å². The lowest BCUT2D eigenvalue weighted by Crippen LogP contribution is -2.00. The molecule has 14 heavy (non-hydrogen) atoms. The average molecular weight is 412 g/mol. The minimum absolute atomic E-state index is 0.810. The predicted octanol–water partition coefficient (Wildman–Crippen LogP) is 2.18. The molecule has 0 aliphatic heterocycles. The molecule has 0 aliphatic rings. The molecule has 6 heteroatoms. The maximum atomic E-state index is 4.20. The van der Waals surface area contributed by atoms with Gasteiger partial charge in [-0.15, -0.1) is 5.10 Å². The Morgan fingerprint density at radius 3 is 2.71 bits per heavy atom. The van der Waals surface area contributed by atoms with Crippen molar-refractivity contribution in [2.45, 2.75) is 6.92 Å². The lowest BCUT2D eigenvalue weighted by molar-refractivity contribution is 0.891. The van der Waals surface area contributed by atoms with E-state index in [2.05, 4.69) is 60.4 Å². The van der Waals surface area contributed by atoms with Crippen molar-refractivity contribution in [3.63, 3.8) is 0 Å². The van der Waals surface area contributed by atoms with E-state index in [9.17, 15) is 0 Å². The molecule has 2 aromatic heterocycles. The van der Waals surface area contributed by atoms with E-state index >= 15 is 0 Å². The van der Waals surface area contributed by atoms with Crippen LogP contribution in [0.25, 0.3) is 5.82 Å². The largest absolute Gasteiger partial charge is 0.275 e. The molecule has 2 aromatic rings. The van der Waals surface area contributed by atoms with Crippen LogP contribution in [-0.4, -0.2) is 19.7 Å². The third kappa shape index (κ3) is 1.90. The lowest BCUT2D eigenvalue weighted by atomic mass is 10.3. The number of rotatable bonds is 1. The van der Waals surface area contributed by atoms with Gasteiger partial charge in [-0.25, -0.2) is 4.98 Å². The van der Waals surface area contributed by atoms with Crippen molar-refractivity contribution in [3.05, 3.63) is 31.6 Å². The Labute approximate surface area is 108 Å². The summed E-state index contributed by atoms with van der Waals surface area (Å²) in [6, 6.07) is 1.98. The van der Waals surface area contributed by atoms with Crippen molar-refractivity contribution < 1.29 is 0 Å². The quantitative estimate of drug-likeness (QED) is 0.675. The first-order chi connectivity index (χ1) is 6.68. The molecule has 0 saturated carbocycles. The summed E-state index contributed by atoms with van der Waals surface area (Å²) in [5, 5.41) is 7.96. The van der Waals surface area contributed by atoms with E-state index in [1.807, 2.05) is 17.6 Å². The van der Waals surface area contributed by atoms with E-state index in [4.69, 9.17) is 0 Å². The van der Waals surface area contributed by atoms with Crippen molar-refractivity contribution in [1.29, 1.82) is 0 Å². The van der Waals surface area contributed by atoms with Crippen LogP contribution in [0.4, 0.5) is 0 Å². The normalized spacial score (nSPS) is 10.5. The van der Waals surface area contributed by atoms with Gasteiger partial charge in [0.05, 0.1) is 6.20 Å². The Bertz CT molecular complexity index is 466. The van der Waals surface area contributed by atoms with Gasteiger partial charge in [0, 0.05) is 0 Å². The first kappa shape index (κ1) is 10.3. The molecule has 0 aliphatic carbocycles. The summed E-state index contributed by atoms with van der Waals surface area (Å²) in [5.41, 5.74) is 1.09. The maximum absolute atomic E-state index is 4.20. The molecule has 0 unspecified atom stereocenters. The fourth-order valence-corrected chi connectivity index (χ4v) is 1.93. The highest BCUT2D eigenvalue weighted by molar-refractivity contribution is 14.1. The number of hydrogen-bond acceptors (Lipinski definition) is 3. The number of aromatic nitrogens is 4. The highest BCUT2D eigenvalue weighted by Crippen LogP contribution is 2.16. The van der Waals surface area contributed by atoms with Gasteiger partial charge in [-0.3, -0.25) is 4.57 Å². The minimum Gasteiger partial charge on any atom is -0.275 e. The summed E-state index contributed by atoms with van der Waals surface area (Å²) in [4.78, 5) is 4.20. The maximum Gasteiger partial charge on any atom is 0.161 e. The van der Waals surface area contributed by atoms with E-state index in [1.54, 1.807) is 12.5 Å². The molecule has 0 bridgehead atoms. The number of hydrogen-bond donors (Lipinski definition) is 0. The van der Waals surface area contributed by atoms with Crippen molar-refractivity contribution in [3.8, 4) is 5.82 Å². The number of halogens is 2. The lowest BCUT2D eigenvalue weighted by Gasteiger charge is -2.01. The Morgan fingerprint density at radius 2 is 2.14 bits per heavy atom. The Balaban J connectivity index is 2.55. The van der Waals surface area contributed by atoms with Crippen LogP contribution in [0.3, 0.4) is 0 Å². The standard InChI is InChI=1S/C8H6I2N4/c1-5-2-6(13-12-3-5)14-4-11-7(9)8(14)10/h2-4H,1H3. The second kappa shape index (κ2) is 4.09. The molecule has 0 fully saturated rings. The van der Waals surface area contributed by atoms with Crippen LogP contribution < -0.4 is 0 Å². The summed E-state index contributed by atoms with van der Waals surface area (Å²) in [6.45, 7) is 1.99. The fourth-order valence-electron chi connectivity index (χ4n) is 1.04. The molecule has 0 N–H and O–H groups in total. The summed E-state index contributed by atoms with van der Waals surface area (Å²) in [6.07, 6.45) is 3.49. The predicted molar refractivity (Wildman–Crippen MR) is 69.3 cm³/mol. The van der Waals surface area contributed by atoms with E-state index in [0.29, 0.717) is 0 Å². The number of nitrogens with zero attached hydrogens (tertiary/aromatic N) is 4. The molecular weight excluding hydrogens is 406 g/mol. The van der Waals surface area contributed by atoms with Crippen LogP contribution in [-0.2, 0) is 0 Å². The van der Waals surface area contributed by atoms with E-state index < -0.39 is 0 Å². The molecule has 0 radical (unpaired) electrons. The van der Waals surface area contributed by atoms with Gasteiger partial charge in [-0.1, -0.05) is 0 Å². The van der Waals surface area contributed by atoms with Gasteiger partial charge in [-0.2, -0.15) is 5.10 Å². The van der Waals surface area contributed by atoms with Crippen molar-refractivity contribution in [2.24, 2.45) is 0 Å². The zero-order valence-corrected chi connectivity index (χ0v) is 11.6. The highest BCUT2D eigenvalue weighted by atomic mass is 127. The average Bonchev–Trinajstić information content (AvgIpc) is 2.48. The third-order valence-electron chi connectivity index (χ3n) is 1.69. The van der Waals surface area contributed by atoms with Crippen LogP contribution in [0.1, 0.15) is 5.56 Å². The molecule has 0 aromatic carbocycles. The second-order valence-corrected chi connectivity index (χ2v) is 4.83. The molecule has 2 rings (SSSR count). The fraction of sp³-hybridized carbons (Fsp3) is 0.125. The zero-order valence-electron chi connectivity index (χ0n) is 7.28. The summed E-state index contributed by atoms with van der Waals surface area (Å²) < 4.78 is 3.96. The minimum atomic E-state index is 0.810. The molecule has 2 heterocycles. The molecule has 72 valence electrons. The molecular formula is C8H6I2N4. The molecule has 0 amide bonds.